The molecule has 5 heteroatoms. The van der Waals surface area contributed by atoms with E-state index in [9.17, 15) is 0 Å². The molecule has 0 atom stereocenters. The lowest BCUT2D eigenvalue weighted by Gasteiger charge is -2.11. The van der Waals surface area contributed by atoms with Gasteiger partial charge in [0.25, 0.3) is 0 Å². The fourth-order valence-electron chi connectivity index (χ4n) is 2.46. The van der Waals surface area contributed by atoms with Crippen LogP contribution in [0, 0.1) is 0 Å². The van der Waals surface area contributed by atoms with Gasteiger partial charge in [0, 0.05) is 5.56 Å². The lowest BCUT2D eigenvalue weighted by Crippen LogP contribution is -2.03. The van der Waals surface area contributed by atoms with E-state index in [0.29, 0.717) is 18.1 Å². The summed E-state index contributed by atoms with van der Waals surface area (Å²) in [5, 5.41) is 11.7. The van der Waals surface area contributed by atoms with Gasteiger partial charge < -0.3 is 9.47 Å². The van der Waals surface area contributed by atoms with Crippen molar-refractivity contribution >= 4 is 0 Å². The fraction of sp³-hybridized carbons (Fsp3) is 0.500. The maximum Gasteiger partial charge on any atom is 0.167 e. The van der Waals surface area contributed by atoms with Crippen LogP contribution >= 0.6 is 0 Å². The predicted molar refractivity (Wildman–Crippen MR) is 90.7 cm³/mol. The van der Waals surface area contributed by atoms with Gasteiger partial charge in [-0.1, -0.05) is 51.2 Å². The summed E-state index contributed by atoms with van der Waals surface area (Å²) in [7, 11) is 1.64. The largest absolute Gasteiger partial charge is 0.496 e. The first kappa shape index (κ1) is 17.2. The summed E-state index contributed by atoms with van der Waals surface area (Å²) in [5.74, 6) is 1.40. The fourth-order valence-corrected chi connectivity index (χ4v) is 2.46. The topological polar surface area (TPSA) is 57.1 Å². The van der Waals surface area contributed by atoms with Crippen LogP contribution in [-0.4, -0.2) is 29.1 Å². The van der Waals surface area contributed by atoms with Crippen LogP contribution in [0.25, 0.3) is 11.3 Å². The van der Waals surface area contributed by atoms with Crippen LogP contribution in [0.3, 0.4) is 0 Å². The Bertz CT molecular complexity index is 590. The number of rotatable bonds is 10. The molecule has 1 aromatic heterocycles. The first-order chi connectivity index (χ1) is 11.4. The van der Waals surface area contributed by atoms with Crippen LogP contribution in [0.4, 0.5) is 0 Å². The summed E-state index contributed by atoms with van der Waals surface area (Å²) in [6, 6.07) is 7.71. The molecule has 0 aliphatic carbocycles. The molecule has 0 saturated heterocycles. The molecule has 23 heavy (non-hydrogen) atoms. The third kappa shape index (κ3) is 5.20. The highest BCUT2D eigenvalue weighted by molar-refractivity contribution is 5.71. The average molecular weight is 315 g/mol. The number of ether oxygens (including phenoxy) is 2. The highest BCUT2D eigenvalue weighted by atomic mass is 16.5. The molecule has 1 heterocycles. The smallest absolute Gasteiger partial charge is 0.167 e. The van der Waals surface area contributed by atoms with E-state index in [1.165, 1.54) is 32.1 Å². The summed E-state index contributed by atoms with van der Waals surface area (Å²) >= 11 is 0. The zero-order valence-corrected chi connectivity index (χ0v) is 14.0. The Labute approximate surface area is 138 Å². The molecular weight excluding hydrogens is 290 g/mol. The van der Waals surface area contributed by atoms with Gasteiger partial charge in [-0.25, -0.2) is 0 Å². The Kier molecular flexibility index (Phi) is 7.30. The van der Waals surface area contributed by atoms with Crippen molar-refractivity contribution in [2.24, 2.45) is 0 Å². The standard InChI is InChI=1S/C18H25N3O2/c1-3-4-5-6-7-10-13-23-17-14-19-21-20-18(17)15-11-8-9-12-16(15)22-2/h8-9,11-12,14H,3-7,10,13H2,1-2H3. The molecule has 2 aromatic rings. The Morgan fingerprint density at radius 1 is 0.957 bits per heavy atom. The van der Waals surface area contributed by atoms with Crippen molar-refractivity contribution in [1.82, 2.24) is 15.4 Å². The molecule has 0 unspecified atom stereocenters. The van der Waals surface area contributed by atoms with E-state index in [1.807, 2.05) is 24.3 Å². The van der Waals surface area contributed by atoms with E-state index in [0.717, 1.165) is 17.7 Å². The quantitative estimate of drug-likeness (QED) is 0.612. The third-order valence-corrected chi connectivity index (χ3v) is 3.72. The molecule has 2 rings (SSSR count). The van der Waals surface area contributed by atoms with E-state index in [2.05, 4.69) is 22.3 Å². The van der Waals surface area contributed by atoms with Gasteiger partial charge in [-0.2, -0.15) is 0 Å². The van der Waals surface area contributed by atoms with Gasteiger partial charge in [-0.3, -0.25) is 0 Å². The minimum Gasteiger partial charge on any atom is -0.496 e. The first-order valence-corrected chi connectivity index (χ1v) is 8.31. The number of para-hydroxylation sites is 1. The molecule has 1 aromatic carbocycles. The second-order valence-corrected chi connectivity index (χ2v) is 5.46. The van der Waals surface area contributed by atoms with Crippen molar-refractivity contribution in [3.63, 3.8) is 0 Å². The van der Waals surface area contributed by atoms with Crippen molar-refractivity contribution in [2.75, 3.05) is 13.7 Å². The molecule has 0 amide bonds. The van der Waals surface area contributed by atoms with Crippen molar-refractivity contribution in [2.45, 2.75) is 45.4 Å². The van der Waals surface area contributed by atoms with Gasteiger partial charge in [-0.05, 0) is 23.8 Å². The van der Waals surface area contributed by atoms with Crippen LogP contribution in [0.2, 0.25) is 0 Å². The number of nitrogens with zero attached hydrogens (tertiary/aromatic N) is 3. The minimum atomic E-state index is 0.651. The van der Waals surface area contributed by atoms with E-state index >= 15 is 0 Å². The molecule has 0 N–H and O–H groups in total. The SMILES string of the molecule is CCCCCCCCOc1cnnnc1-c1ccccc1OC. The monoisotopic (exact) mass is 315 g/mol. The van der Waals surface area contributed by atoms with E-state index in [1.54, 1.807) is 13.3 Å². The maximum atomic E-state index is 5.88. The molecule has 0 bridgehead atoms. The zero-order valence-electron chi connectivity index (χ0n) is 14.0. The number of hydrogen-bond donors (Lipinski definition) is 0. The number of unbranched alkanes of at least 4 members (excludes halogenated alkanes) is 5. The average Bonchev–Trinajstić information content (AvgIpc) is 2.61. The third-order valence-electron chi connectivity index (χ3n) is 3.72. The summed E-state index contributed by atoms with van der Waals surface area (Å²) in [4.78, 5) is 0. The van der Waals surface area contributed by atoms with Crippen molar-refractivity contribution in [1.29, 1.82) is 0 Å². The van der Waals surface area contributed by atoms with E-state index in [4.69, 9.17) is 9.47 Å². The van der Waals surface area contributed by atoms with Crippen LogP contribution in [-0.2, 0) is 0 Å². The van der Waals surface area contributed by atoms with Crippen LogP contribution in [0.1, 0.15) is 45.4 Å². The van der Waals surface area contributed by atoms with Crippen LogP contribution < -0.4 is 9.47 Å². The maximum absolute atomic E-state index is 5.88. The normalized spacial score (nSPS) is 10.5. The highest BCUT2D eigenvalue weighted by Crippen LogP contribution is 2.33. The van der Waals surface area contributed by atoms with Gasteiger partial charge in [0.15, 0.2) is 5.75 Å². The lowest BCUT2D eigenvalue weighted by atomic mass is 10.1. The second kappa shape index (κ2) is 9.77. The molecule has 0 aliphatic rings. The first-order valence-electron chi connectivity index (χ1n) is 8.31. The van der Waals surface area contributed by atoms with Crippen molar-refractivity contribution < 1.29 is 9.47 Å². The molecule has 0 saturated carbocycles. The molecule has 0 aliphatic heterocycles. The Hall–Kier alpha value is -2.17. The second-order valence-electron chi connectivity index (χ2n) is 5.46. The van der Waals surface area contributed by atoms with Gasteiger partial charge in [0.05, 0.1) is 19.9 Å². The van der Waals surface area contributed by atoms with Crippen LogP contribution in [0.5, 0.6) is 11.5 Å². The Morgan fingerprint density at radius 2 is 1.74 bits per heavy atom. The molecule has 0 radical (unpaired) electrons. The number of methoxy groups -OCH3 is 1. The summed E-state index contributed by atoms with van der Waals surface area (Å²) in [5.41, 5.74) is 1.53. The number of benzene rings is 1. The van der Waals surface area contributed by atoms with Gasteiger partial charge in [0.1, 0.15) is 11.4 Å². The summed E-state index contributed by atoms with van der Waals surface area (Å²) in [6.07, 6.45) is 9.01. The van der Waals surface area contributed by atoms with Crippen molar-refractivity contribution in [3.8, 4) is 22.8 Å². The minimum absolute atomic E-state index is 0.651. The molecule has 124 valence electrons. The van der Waals surface area contributed by atoms with Gasteiger partial charge in [0.2, 0.25) is 0 Å². The lowest BCUT2D eigenvalue weighted by molar-refractivity contribution is 0.302. The predicted octanol–water partition coefficient (Wildman–Crippen LogP) is 4.29. The van der Waals surface area contributed by atoms with Crippen molar-refractivity contribution in [3.05, 3.63) is 30.5 Å². The molecule has 0 fully saturated rings. The summed E-state index contributed by atoms with van der Waals surface area (Å²) in [6.45, 7) is 2.90. The van der Waals surface area contributed by atoms with E-state index in [-0.39, 0.29) is 0 Å². The zero-order chi connectivity index (χ0) is 16.3. The Morgan fingerprint density at radius 3 is 2.57 bits per heavy atom. The summed E-state index contributed by atoms with van der Waals surface area (Å²) < 4.78 is 11.3. The van der Waals surface area contributed by atoms with Gasteiger partial charge >= 0.3 is 0 Å². The number of hydrogen-bond acceptors (Lipinski definition) is 5. The molecular formula is C18H25N3O2. The van der Waals surface area contributed by atoms with Crippen LogP contribution in [0.15, 0.2) is 30.5 Å². The van der Waals surface area contributed by atoms with E-state index < -0.39 is 0 Å². The Balaban J connectivity index is 1.96. The highest BCUT2D eigenvalue weighted by Gasteiger charge is 2.13. The molecule has 5 nitrogen and oxygen atoms in total. The number of aromatic nitrogens is 3. The molecule has 0 spiro atoms. The van der Waals surface area contributed by atoms with Gasteiger partial charge in [-0.15, -0.1) is 10.2 Å².